The number of aromatic nitrogens is 6. The maximum Gasteiger partial charge on any atom is 0.494 e. The average Bonchev–Trinajstić information content (AvgIpc) is 3.92. The van der Waals surface area contributed by atoms with Crippen LogP contribution in [0.15, 0.2) is 124 Å². The highest BCUT2D eigenvalue weighted by atomic mass is 79.9. The second kappa shape index (κ2) is 20.4. The van der Waals surface area contributed by atoms with Gasteiger partial charge in [-0.3, -0.25) is 0 Å². The highest BCUT2D eigenvalue weighted by Crippen LogP contribution is 2.36. The molecule has 0 spiro atoms. The molecule has 9 rings (SSSR count). The van der Waals surface area contributed by atoms with Gasteiger partial charge < -0.3 is 39.1 Å². The third-order valence-corrected chi connectivity index (χ3v) is 13.6. The van der Waals surface area contributed by atoms with Crippen LogP contribution in [0.2, 0.25) is 0 Å². The molecule has 0 unspecified atom stereocenters. The molecule has 69 heavy (non-hydrogen) atoms. The van der Waals surface area contributed by atoms with E-state index in [1.54, 1.807) is 27.7 Å². The molecule has 0 amide bonds. The number of halogens is 1. The van der Waals surface area contributed by atoms with E-state index in [0.717, 1.165) is 85.0 Å². The maximum atomic E-state index is 12.7. The second-order valence-corrected chi connectivity index (χ2v) is 21.1. The Labute approximate surface area is 416 Å². The van der Waals surface area contributed by atoms with Crippen LogP contribution in [0.5, 0.6) is 0 Å². The molecule has 0 radical (unpaired) electrons. The molecule has 370 valence electrons. The molecule has 3 saturated heterocycles. The molecule has 16 nitrogen and oxygen atoms in total. The molecular formula is C51H70BBrN10O6. The fourth-order valence-corrected chi connectivity index (χ4v) is 8.81. The Bertz CT molecular complexity index is 2730. The number of hydrogen-bond donors (Lipinski definition) is 2. The van der Waals surface area contributed by atoms with Crippen LogP contribution in [0.4, 0.5) is 22.7 Å². The van der Waals surface area contributed by atoms with Crippen LogP contribution in [-0.2, 0) is 22.4 Å². The number of benzene rings is 4. The minimum Gasteiger partial charge on any atom is -0.399 e. The molecule has 6 aromatic rings. The van der Waals surface area contributed by atoms with Crippen molar-refractivity contribution in [2.24, 2.45) is 0 Å². The SMILES string of the molecule is C.CC(C)(O)Cn1ncn(-c2ccc(N3CCN(c4ccc(B5OC(C)(C)C(C)(C)O5)cc4)CC3)cc2)c1=O.CC(C)(O)Cn1ncn(-c2ccc(N3CCN(c4ccc(Br)cc4)CC3)cc2)c1=O.[HH]. The predicted octanol–water partition coefficient (Wildman–Crippen LogP) is 6.21. The van der Waals surface area contributed by atoms with Gasteiger partial charge in [0.1, 0.15) is 12.7 Å². The summed E-state index contributed by atoms with van der Waals surface area (Å²) in [4.78, 5) is 34.8. The molecule has 0 aliphatic carbocycles. The second-order valence-electron chi connectivity index (χ2n) is 20.1. The lowest BCUT2D eigenvalue weighted by atomic mass is 9.79. The lowest BCUT2D eigenvalue weighted by Gasteiger charge is -2.37. The average molecular weight is 1010 g/mol. The summed E-state index contributed by atoms with van der Waals surface area (Å²) < 4.78 is 19.0. The van der Waals surface area contributed by atoms with Gasteiger partial charge in [-0.15, -0.1) is 0 Å². The summed E-state index contributed by atoms with van der Waals surface area (Å²) in [5.41, 5.74) is 4.04. The maximum absolute atomic E-state index is 12.7. The molecule has 0 bridgehead atoms. The largest absolute Gasteiger partial charge is 0.494 e. The molecule has 2 aromatic heterocycles. The zero-order valence-corrected chi connectivity index (χ0v) is 42.0. The van der Waals surface area contributed by atoms with Crippen LogP contribution in [-0.4, -0.2) is 121 Å². The van der Waals surface area contributed by atoms with Gasteiger partial charge in [0, 0.05) is 81.0 Å². The van der Waals surface area contributed by atoms with Gasteiger partial charge in [-0.2, -0.15) is 10.2 Å². The minimum absolute atomic E-state index is 0. The lowest BCUT2D eigenvalue weighted by Crippen LogP contribution is -2.46. The van der Waals surface area contributed by atoms with Crippen molar-refractivity contribution in [2.75, 3.05) is 72.0 Å². The van der Waals surface area contributed by atoms with E-state index in [9.17, 15) is 19.8 Å². The first kappa shape index (κ1) is 51.2. The quantitative estimate of drug-likeness (QED) is 0.142. The summed E-state index contributed by atoms with van der Waals surface area (Å²) in [5.74, 6) is 0. The molecule has 3 aliphatic rings. The zero-order valence-electron chi connectivity index (χ0n) is 40.4. The van der Waals surface area contributed by atoms with Crippen LogP contribution < -0.4 is 36.4 Å². The van der Waals surface area contributed by atoms with E-state index >= 15 is 0 Å². The van der Waals surface area contributed by atoms with Gasteiger partial charge >= 0.3 is 18.5 Å². The van der Waals surface area contributed by atoms with Gasteiger partial charge in [0.2, 0.25) is 0 Å². The Morgan fingerprint density at radius 2 is 0.812 bits per heavy atom. The van der Waals surface area contributed by atoms with Crippen molar-refractivity contribution in [2.45, 2.75) is 98.3 Å². The van der Waals surface area contributed by atoms with E-state index in [1.807, 2.05) is 48.5 Å². The first-order valence-electron chi connectivity index (χ1n) is 23.3. The predicted molar refractivity (Wildman–Crippen MR) is 282 cm³/mol. The van der Waals surface area contributed by atoms with Crippen molar-refractivity contribution in [3.05, 3.63) is 135 Å². The normalized spacial score (nSPS) is 17.1. The number of rotatable bonds is 11. The van der Waals surface area contributed by atoms with Crippen molar-refractivity contribution >= 4 is 51.3 Å². The van der Waals surface area contributed by atoms with E-state index in [2.05, 4.69) is 122 Å². The van der Waals surface area contributed by atoms with Gasteiger partial charge in [0.15, 0.2) is 0 Å². The number of anilines is 4. The van der Waals surface area contributed by atoms with Gasteiger partial charge in [0.25, 0.3) is 0 Å². The summed E-state index contributed by atoms with van der Waals surface area (Å²) in [6.45, 7) is 22.7. The standard InChI is InChI=1S/C28H38BN5O4.C22H26BrN5O2.CH4.H2/c1-26(2,36)19-34-25(35)33(20-30-34)24-13-11-23(12-14-24)32-17-15-31(16-18-32)22-9-7-21(8-10-22)29-37-27(3,4)28(5,6)38-29;1-22(2,30)15-28-21(29)27(16-24-28)20-9-7-19(8-10-20)26-13-11-25(12-14-26)18-5-3-17(23)4-6-18;;/h7-14,20,36H,15-19H2,1-6H3;3-10,16,30H,11-15H2,1-2H3;1H4;1H. The summed E-state index contributed by atoms with van der Waals surface area (Å²) >= 11 is 3.49. The summed E-state index contributed by atoms with van der Waals surface area (Å²) in [6, 6.07) is 32.9. The van der Waals surface area contributed by atoms with Gasteiger partial charge in [-0.1, -0.05) is 35.5 Å². The fourth-order valence-electron chi connectivity index (χ4n) is 8.55. The van der Waals surface area contributed by atoms with Crippen molar-refractivity contribution in [1.29, 1.82) is 0 Å². The number of aliphatic hydroxyl groups is 2. The molecule has 0 atom stereocenters. The highest BCUT2D eigenvalue weighted by Gasteiger charge is 2.51. The van der Waals surface area contributed by atoms with E-state index in [0.29, 0.717) is 0 Å². The molecule has 3 fully saturated rings. The minimum atomic E-state index is -1.01. The summed E-state index contributed by atoms with van der Waals surface area (Å²) in [5, 5.41) is 28.2. The first-order valence-corrected chi connectivity index (χ1v) is 24.1. The number of nitrogens with zero attached hydrogens (tertiary/aromatic N) is 10. The molecule has 4 aromatic carbocycles. The topological polar surface area (TPSA) is 152 Å². The van der Waals surface area contributed by atoms with Gasteiger partial charge in [0.05, 0.1) is 46.9 Å². The Kier molecular flexibility index (Phi) is 15.1. The van der Waals surface area contributed by atoms with Gasteiger partial charge in [-0.25, -0.2) is 28.1 Å². The molecule has 0 saturated carbocycles. The molecule has 5 heterocycles. The Hall–Kier alpha value is -5.66. The number of piperazine rings is 2. The van der Waals surface area contributed by atoms with E-state index in [-0.39, 0.29) is 51.6 Å². The van der Waals surface area contributed by atoms with Crippen molar-refractivity contribution < 1.29 is 20.9 Å². The van der Waals surface area contributed by atoms with Crippen molar-refractivity contribution in [1.82, 2.24) is 28.7 Å². The molecular weight excluding hydrogens is 939 g/mol. The van der Waals surface area contributed by atoms with Crippen LogP contribution in [0.25, 0.3) is 11.4 Å². The third-order valence-electron chi connectivity index (χ3n) is 13.1. The van der Waals surface area contributed by atoms with Crippen LogP contribution >= 0.6 is 15.9 Å². The molecule has 3 aliphatic heterocycles. The molecule has 18 heteroatoms. The van der Waals surface area contributed by atoms with Gasteiger partial charge in [-0.05, 0) is 146 Å². The monoisotopic (exact) mass is 1010 g/mol. The lowest BCUT2D eigenvalue weighted by molar-refractivity contribution is 0.00578. The first-order chi connectivity index (χ1) is 32.1. The van der Waals surface area contributed by atoms with Crippen LogP contribution in [0.1, 0.15) is 64.2 Å². The summed E-state index contributed by atoms with van der Waals surface area (Å²) in [6.07, 6.45) is 3.00. The number of hydrogen-bond acceptors (Lipinski definition) is 12. The van der Waals surface area contributed by atoms with E-state index in [1.165, 1.54) is 42.5 Å². The van der Waals surface area contributed by atoms with E-state index in [4.69, 9.17) is 9.31 Å². The smallest absolute Gasteiger partial charge is 0.399 e. The Morgan fingerprint density at radius 3 is 1.12 bits per heavy atom. The highest BCUT2D eigenvalue weighted by molar-refractivity contribution is 9.10. The fraction of sp³-hybridized carbons (Fsp3) is 0.451. The van der Waals surface area contributed by atoms with Crippen molar-refractivity contribution in [3.8, 4) is 11.4 Å². The third kappa shape index (κ3) is 12.0. The van der Waals surface area contributed by atoms with Crippen LogP contribution in [0, 0.1) is 0 Å². The van der Waals surface area contributed by atoms with Crippen molar-refractivity contribution in [3.63, 3.8) is 0 Å². The Balaban J connectivity index is 0.000000229. The summed E-state index contributed by atoms with van der Waals surface area (Å²) in [7, 11) is -0.347. The molecule has 2 N–H and O–H groups in total. The van der Waals surface area contributed by atoms with Crippen LogP contribution in [0.3, 0.4) is 0 Å². The Morgan fingerprint density at radius 1 is 0.536 bits per heavy atom. The zero-order chi connectivity index (χ0) is 48.6. The van der Waals surface area contributed by atoms with E-state index < -0.39 is 11.2 Å².